The Balaban J connectivity index is 2.96. The Bertz CT molecular complexity index is 504. The first-order chi connectivity index (χ1) is 7.39. The highest BCUT2D eigenvalue weighted by atomic mass is 79.9. The third kappa shape index (κ3) is 2.83. The summed E-state index contributed by atoms with van der Waals surface area (Å²) in [6.45, 7) is 1.89. The van der Waals surface area contributed by atoms with Crippen LogP contribution in [0.25, 0.3) is 0 Å². The van der Waals surface area contributed by atoms with Gasteiger partial charge in [-0.2, -0.15) is 9.57 Å². The minimum atomic E-state index is -3.48. The van der Waals surface area contributed by atoms with Crippen LogP contribution in [0.15, 0.2) is 20.1 Å². The molecule has 0 saturated heterocycles. The van der Waals surface area contributed by atoms with Crippen LogP contribution < -0.4 is 0 Å². The number of hydrogen-bond donors (Lipinski definition) is 0. The predicted molar refractivity (Wildman–Crippen MR) is 66.6 cm³/mol. The van der Waals surface area contributed by atoms with Crippen molar-refractivity contribution in [2.45, 2.75) is 11.1 Å². The van der Waals surface area contributed by atoms with E-state index in [0.717, 1.165) is 11.3 Å². The molecule has 0 amide bonds. The molecule has 0 aliphatic heterocycles. The summed E-state index contributed by atoms with van der Waals surface area (Å²) in [6, 6.07) is 3.71. The molecule has 1 aromatic rings. The van der Waals surface area contributed by atoms with Crippen LogP contribution in [0.2, 0.25) is 0 Å². The summed E-state index contributed by atoms with van der Waals surface area (Å²) in [4.78, 5) is 0. The number of rotatable bonds is 4. The lowest BCUT2D eigenvalue weighted by Gasteiger charge is -2.17. The molecule has 88 valence electrons. The van der Waals surface area contributed by atoms with Gasteiger partial charge in [-0.1, -0.05) is 0 Å². The third-order valence-corrected chi connectivity index (χ3v) is 6.45. The Hall–Kier alpha value is -0.420. The molecule has 1 aromatic heterocycles. The molecule has 7 heteroatoms. The van der Waals surface area contributed by atoms with Crippen LogP contribution in [-0.4, -0.2) is 26.3 Å². The summed E-state index contributed by atoms with van der Waals surface area (Å²) >= 11 is 4.35. The van der Waals surface area contributed by atoms with Gasteiger partial charge in [0, 0.05) is 18.1 Å². The maximum Gasteiger partial charge on any atom is 0.253 e. The molecule has 0 spiro atoms. The van der Waals surface area contributed by atoms with Crippen molar-refractivity contribution in [1.29, 1.82) is 5.26 Å². The minimum absolute atomic E-state index is 0.198. The maximum atomic E-state index is 12.1. The normalized spacial score (nSPS) is 13.7. The number of hydrogen-bond acceptors (Lipinski definition) is 4. The molecule has 0 aliphatic rings. The Labute approximate surface area is 108 Å². The first-order valence-corrected chi connectivity index (χ1v) is 7.59. The summed E-state index contributed by atoms with van der Waals surface area (Å²) in [6.07, 6.45) is 0. The summed E-state index contributed by atoms with van der Waals surface area (Å²) in [5.74, 6) is -0.321. The van der Waals surface area contributed by atoms with Crippen molar-refractivity contribution in [3.63, 3.8) is 0 Å². The average molecular weight is 323 g/mol. The second kappa shape index (κ2) is 5.27. The molecule has 1 heterocycles. The van der Waals surface area contributed by atoms with Gasteiger partial charge in [0.2, 0.25) is 0 Å². The molecule has 0 saturated carbocycles. The van der Waals surface area contributed by atoms with E-state index in [0.29, 0.717) is 4.47 Å². The highest BCUT2D eigenvalue weighted by Crippen LogP contribution is 2.29. The Morgan fingerprint density at radius 2 is 2.31 bits per heavy atom. The number of nitrogens with zero attached hydrogens (tertiary/aromatic N) is 2. The fourth-order valence-electron chi connectivity index (χ4n) is 1.13. The maximum absolute atomic E-state index is 12.1. The van der Waals surface area contributed by atoms with Gasteiger partial charge in [-0.3, -0.25) is 0 Å². The van der Waals surface area contributed by atoms with Gasteiger partial charge in [0.05, 0.1) is 12.0 Å². The lowest BCUT2D eigenvalue weighted by molar-refractivity contribution is 0.440. The van der Waals surface area contributed by atoms with Crippen LogP contribution in [0, 0.1) is 17.2 Å². The standard InChI is InChI=1S/C9H11BrN2O2S2/c1-7(5-11)6-12(2)16(13,14)9-8(10)3-4-15-9/h3-4,7H,6H2,1-2H3. The molecule has 1 unspecified atom stereocenters. The molecule has 0 N–H and O–H groups in total. The van der Waals surface area contributed by atoms with E-state index < -0.39 is 10.0 Å². The lowest BCUT2D eigenvalue weighted by atomic mass is 10.2. The summed E-state index contributed by atoms with van der Waals surface area (Å²) < 4.78 is 26.2. The third-order valence-electron chi connectivity index (χ3n) is 1.98. The van der Waals surface area contributed by atoms with Gasteiger partial charge < -0.3 is 0 Å². The number of nitriles is 1. The first kappa shape index (κ1) is 13.6. The monoisotopic (exact) mass is 322 g/mol. The zero-order chi connectivity index (χ0) is 12.3. The van der Waals surface area contributed by atoms with Crippen molar-refractivity contribution in [2.75, 3.05) is 13.6 Å². The first-order valence-electron chi connectivity index (χ1n) is 4.48. The second-order valence-electron chi connectivity index (χ2n) is 3.37. The van der Waals surface area contributed by atoms with Crippen molar-refractivity contribution in [3.05, 3.63) is 15.9 Å². The molecule has 0 bridgehead atoms. The molecular weight excluding hydrogens is 312 g/mol. The minimum Gasteiger partial charge on any atom is -0.206 e. The van der Waals surface area contributed by atoms with Gasteiger partial charge in [-0.15, -0.1) is 11.3 Å². The van der Waals surface area contributed by atoms with Gasteiger partial charge in [0.1, 0.15) is 4.21 Å². The quantitative estimate of drug-likeness (QED) is 0.854. The van der Waals surface area contributed by atoms with E-state index in [9.17, 15) is 8.42 Å². The topological polar surface area (TPSA) is 61.2 Å². The summed E-state index contributed by atoms with van der Waals surface area (Å²) in [5.41, 5.74) is 0. The van der Waals surface area contributed by atoms with Gasteiger partial charge in [-0.05, 0) is 34.3 Å². The molecule has 4 nitrogen and oxygen atoms in total. The van der Waals surface area contributed by atoms with Crippen LogP contribution >= 0.6 is 27.3 Å². The van der Waals surface area contributed by atoms with E-state index in [1.54, 1.807) is 18.4 Å². The highest BCUT2D eigenvalue weighted by molar-refractivity contribution is 9.10. The molecule has 16 heavy (non-hydrogen) atoms. The smallest absolute Gasteiger partial charge is 0.206 e. The van der Waals surface area contributed by atoms with Crippen LogP contribution in [0.1, 0.15) is 6.92 Å². The molecule has 0 aromatic carbocycles. The fourth-order valence-corrected chi connectivity index (χ4v) is 4.89. The molecule has 1 rings (SSSR count). The van der Waals surface area contributed by atoms with E-state index in [1.807, 2.05) is 6.07 Å². The van der Waals surface area contributed by atoms with Crippen LogP contribution in [-0.2, 0) is 10.0 Å². The van der Waals surface area contributed by atoms with Gasteiger partial charge in [0.15, 0.2) is 0 Å². The van der Waals surface area contributed by atoms with Crippen LogP contribution in [0.5, 0.6) is 0 Å². The predicted octanol–water partition coefficient (Wildman–Crippen LogP) is 2.29. The van der Waals surface area contributed by atoms with Crippen molar-refractivity contribution >= 4 is 37.3 Å². The Morgan fingerprint density at radius 1 is 1.69 bits per heavy atom. The number of sulfonamides is 1. The van der Waals surface area contributed by atoms with Crippen molar-refractivity contribution in [1.82, 2.24) is 4.31 Å². The van der Waals surface area contributed by atoms with Crippen LogP contribution in [0.3, 0.4) is 0 Å². The zero-order valence-corrected chi connectivity index (χ0v) is 12.1. The molecule has 0 radical (unpaired) electrons. The van der Waals surface area contributed by atoms with E-state index in [1.165, 1.54) is 11.4 Å². The molecular formula is C9H11BrN2O2S2. The lowest BCUT2D eigenvalue weighted by Crippen LogP contribution is -2.30. The van der Waals surface area contributed by atoms with Crippen molar-refractivity contribution < 1.29 is 8.42 Å². The molecule has 0 fully saturated rings. The summed E-state index contributed by atoms with van der Waals surface area (Å²) in [5, 5.41) is 10.4. The number of halogens is 1. The van der Waals surface area contributed by atoms with E-state index >= 15 is 0 Å². The fraction of sp³-hybridized carbons (Fsp3) is 0.444. The van der Waals surface area contributed by atoms with Crippen molar-refractivity contribution in [3.8, 4) is 6.07 Å². The average Bonchev–Trinajstić information content (AvgIpc) is 2.64. The van der Waals surface area contributed by atoms with E-state index in [2.05, 4.69) is 15.9 Å². The molecule has 0 aliphatic carbocycles. The van der Waals surface area contributed by atoms with E-state index in [-0.39, 0.29) is 16.7 Å². The highest BCUT2D eigenvalue weighted by Gasteiger charge is 2.25. The number of thiophene rings is 1. The van der Waals surface area contributed by atoms with Gasteiger partial charge in [0.25, 0.3) is 10.0 Å². The van der Waals surface area contributed by atoms with Gasteiger partial charge in [-0.25, -0.2) is 8.42 Å². The molecule has 1 atom stereocenters. The zero-order valence-electron chi connectivity index (χ0n) is 8.84. The van der Waals surface area contributed by atoms with Crippen LogP contribution in [0.4, 0.5) is 0 Å². The second-order valence-corrected chi connectivity index (χ2v) is 7.38. The van der Waals surface area contributed by atoms with Crippen molar-refractivity contribution in [2.24, 2.45) is 5.92 Å². The Kier molecular flexibility index (Phi) is 4.50. The Morgan fingerprint density at radius 3 is 2.75 bits per heavy atom. The largest absolute Gasteiger partial charge is 0.253 e. The summed E-state index contributed by atoms with van der Waals surface area (Å²) in [7, 11) is -2.00. The van der Waals surface area contributed by atoms with E-state index in [4.69, 9.17) is 5.26 Å². The van der Waals surface area contributed by atoms with Gasteiger partial charge >= 0.3 is 0 Å². The SMILES string of the molecule is CC(C#N)CN(C)S(=O)(=O)c1sccc1Br.